The fourth-order valence-corrected chi connectivity index (χ4v) is 3.49. The predicted molar refractivity (Wildman–Crippen MR) is 89.7 cm³/mol. The Bertz CT molecular complexity index is 737. The van der Waals surface area contributed by atoms with E-state index in [9.17, 15) is 0 Å². The number of thiazole rings is 1. The minimum atomic E-state index is 0.340. The Hall–Kier alpha value is -1.10. The first-order chi connectivity index (χ1) is 10.2. The van der Waals surface area contributed by atoms with Crippen LogP contribution in [-0.2, 0) is 13.0 Å². The van der Waals surface area contributed by atoms with Crippen molar-refractivity contribution in [2.24, 2.45) is 0 Å². The van der Waals surface area contributed by atoms with Crippen LogP contribution in [0.3, 0.4) is 0 Å². The van der Waals surface area contributed by atoms with E-state index in [4.69, 9.17) is 23.2 Å². The molecule has 0 spiro atoms. The van der Waals surface area contributed by atoms with Crippen molar-refractivity contribution in [3.8, 4) is 0 Å². The number of fused-ring (bicyclic) bond motifs is 1. The fourth-order valence-electron chi connectivity index (χ4n) is 2.46. The molecule has 1 aromatic carbocycles. The van der Waals surface area contributed by atoms with Crippen molar-refractivity contribution in [2.75, 3.05) is 5.88 Å². The number of imidazole rings is 1. The number of halogens is 2. The summed E-state index contributed by atoms with van der Waals surface area (Å²) in [5, 5.41) is 3.86. The van der Waals surface area contributed by atoms with Crippen LogP contribution >= 0.6 is 34.5 Å². The molecule has 110 valence electrons. The van der Waals surface area contributed by atoms with Crippen molar-refractivity contribution in [3.63, 3.8) is 0 Å². The zero-order valence-corrected chi connectivity index (χ0v) is 13.9. The van der Waals surface area contributed by atoms with E-state index in [1.165, 1.54) is 0 Å². The molecule has 0 fully saturated rings. The first-order valence-electron chi connectivity index (χ1n) is 6.79. The summed E-state index contributed by atoms with van der Waals surface area (Å²) in [6, 6.07) is 5.83. The van der Waals surface area contributed by atoms with Gasteiger partial charge in [0.1, 0.15) is 5.82 Å². The molecule has 21 heavy (non-hydrogen) atoms. The zero-order valence-electron chi connectivity index (χ0n) is 11.6. The second-order valence-electron chi connectivity index (χ2n) is 4.98. The van der Waals surface area contributed by atoms with E-state index in [-0.39, 0.29) is 0 Å². The molecule has 3 rings (SSSR count). The van der Waals surface area contributed by atoms with Crippen LogP contribution in [0.4, 0.5) is 0 Å². The number of nitrogens with zero attached hydrogens (tertiary/aromatic N) is 3. The number of benzene rings is 1. The second kappa shape index (κ2) is 6.34. The Balaban J connectivity index is 2.00. The average molecular weight is 340 g/mol. The molecule has 6 heteroatoms. The normalized spacial score (nSPS) is 12.9. The minimum Gasteiger partial charge on any atom is -0.327 e. The van der Waals surface area contributed by atoms with Crippen molar-refractivity contribution >= 4 is 45.6 Å². The zero-order chi connectivity index (χ0) is 14.8. The lowest BCUT2D eigenvalue weighted by molar-refractivity contribution is 0.586. The molecule has 3 aromatic rings. The molecular weight excluding hydrogens is 325 g/mol. The van der Waals surface area contributed by atoms with Crippen LogP contribution < -0.4 is 0 Å². The monoisotopic (exact) mass is 339 g/mol. The highest BCUT2D eigenvalue weighted by Crippen LogP contribution is 2.26. The topological polar surface area (TPSA) is 30.7 Å². The smallest absolute Gasteiger partial charge is 0.111 e. The van der Waals surface area contributed by atoms with Gasteiger partial charge in [0.05, 0.1) is 16.0 Å². The maximum absolute atomic E-state index is 6.06. The van der Waals surface area contributed by atoms with Crippen molar-refractivity contribution in [3.05, 3.63) is 45.6 Å². The van der Waals surface area contributed by atoms with Crippen LogP contribution in [0.1, 0.15) is 23.7 Å². The van der Waals surface area contributed by atoms with Crippen LogP contribution in [0.15, 0.2) is 29.8 Å². The molecule has 0 aliphatic rings. The van der Waals surface area contributed by atoms with Gasteiger partial charge in [-0.05, 0) is 18.2 Å². The van der Waals surface area contributed by atoms with Gasteiger partial charge in [0.2, 0.25) is 0 Å². The lowest BCUT2D eigenvalue weighted by Gasteiger charge is -2.13. The van der Waals surface area contributed by atoms with Crippen LogP contribution in [0.2, 0.25) is 5.02 Å². The highest BCUT2D eigenvalue weighted by Gasteiger charge is 2.15. The molecule has 0 N–H and O–H groups in total. The fraction of sp³-hybridized carbons (Fsp3) is 0.333. The minimum absolute atomic E-state index is 0.340. The van der Waals surface area contributed by atoms with Gasteiger partial charge in [-0.3, -0.25) is 0 Å². The summed E-state index contributed by atoms with van der Waals surface area (Å²) in [6.45, 7) is 3.03. The third kappa shape index (κ3) is 3.07. The first kappa shape index (κ1) is 14.8. The van der Waals surface area contributed by atoms with Gasteiger partial charge in [-0.25, -0.2) is 9.97 Å². The summed E-state index contributed by atoms with van der Waals surface area (Å²) < 4.78 is 2.24. The number of hydrogen-bond acceptors (Lipinski definition) is 3. The summed E-state index contributed by atoms with van der Waals surface area (Å²) in [6.07, 6.45) is 2.60. The van der Waals surface area contributed by atoms with Crippen LogP contribution in [0, 0.1) is 0 Å². The molecule has 0 amide bonds. The molecule has 1 unspecified atom stereocenters. The molecule has 1 atom stereocenters. The summed E-state index contributed by atoms with van der Waals surface area (Å²) in [5.41, 5.74) is 2.02. The number of aryl methyl sites for hydroxylation is 1. The predicted octanol–water partition coefficient (Wildman–Crippen LogP) is 4.73. The molecule has 0 bridgehead atoms. The van der Waals surface area contributed by atoms with Gasteiger partial charge in [-0.15, -0.1) is 22.9 Å². The molecule has 2 heterocycles. The highest BCUT2D eigenvalue weighted by molar-refractivity contribution is 7.09. The molecule has 0 aliphatic carbocycles. The second-order valence-corrected chi connectivity index (χ2v) is 6.72. The van der Waals surface area contributed by atoms with Crippen LogP contribution in [0.25, 0.3) is 11.0 Å². The van der Waals surface area contributed by atoms with Crippen molar-refractivity contribution in [1.29, 1.82) is 0 Å². The SMILES string of the molecule is CC(Cn1c(CCCl)nc2cc(Cl)ccc21)c1nccs1. The van der Waals surface area contributed by atoms with E-state index in [0.29, 0.717) is 16.8 Å². The number of hydrogen-bond donors (Lipinski definition) is 0. The van der Waals surface area contributed by atoms with Crippen molar-refractivity contribution in [1.82, 2.24) is 14.5 Å². The van der Waals surface area contributed by atoms with Crippen molar-refractivity contribution < 1.29 is 0 Å². The molecule has 3 nitrogen and oxygen atoms in total. The van der Waals surface area contributed by atoms with E-state index in [2.05, 4.69) is 21.5 Å². The van der Waals surface area contributed by atoms with E-state index in [1.54, 1.807) is 11.3 Å². The summed E-state index contributed by atoms with van der Waals surface area (Å²) >= 11 is 13.7. The summed E-state index contributed by atoms with van der Waals surface area (Å²) in [5.74, 6) is 1.90. The number of aromatic nitrogens is 3. The lowest BCUT2D eigenvalue weighted by Crippen LogP contribution is -2.10. The van der Waals surface area contributed by atoms with Gasteiger partial charge in [-0.2, -0.15) is 0 Å². The Kier molecular flexibility index (Phi) is 4.48. The van der Waals surface area contributed by atoms with Gasteiger partial charge in [0.15, 0.2) is 0 Å². The third-order valence-electron chi connectivity index (χ3n) is 3.44. The maximum atomic E-state index is 6.06. The van der Waals surface area contributed by atoms with Crippen LogP contribution in [0.5, 0.6) is 0 Å². The first-order valence-corrected chi connectivity index (χ1v) is 8.58. The Morgan fingerprint density at radius 2 is 2.24 bits per heavy atom. The molecular formula is C15H15Cl2N3S. The van der Waals surface area contributed by atoms with E-state index in [1.807, 2.05) is 29.8 Å². The van der Waals surface area contributed by atoms with Gasteiger partial charge < -0.3 is 4.57 Å². The Morgan fingerprint density at radius 1 is 1.38 bits per heavy atom. The van der Waals surface area contributed by atoms with Gasteiger partial charge >= 0.3 is 0 Å². The van der Waals surface area contributed by atoms with Gasteiger partial charge in [-0.1, -0.05) is 18.5 Å². The standard InChI is InChI=1S/C15H15Cl2N3S/c1-10(15-18-6-7-21-15)9-20-13-3-2-11(17)8-12(13)19-14(20)4-5-16/h2-3,6-8,10H,4-5,9H2,1H3. The molecule has 0 saturated carbocycles. The number of rotatable bonds is 5. The quantitative estimate of drug-likeness (QED) is 0.629. The highest BCUT2D eigenvalue weighted by atomic mass is 35.5. The third-order valence-corrected chi connectivity index (χ3v) is 4.87. The lowest BCUT2D eigenvalue weighted by atomic mass is 10.2. The molecule has 0 saturated heterocycles. The van der Waals surface area contributed by atoms with Gasteiger partial charge in [0, 0.05) is 41.4 Å². The van der Waals surface area contributed by atoms with Crippen LogP contribution in [-0.4, -0.2) is 20.4 Å². The Labute approximate surface area is 137 Å². The molecule has 0 radical (unpaired) electrons. The number of alkyl halides is 1. The summed E-state index contributed by atoms with van der Waals surface area (Å²) in [7, 11) is 0. The average Bonchev–Trinajstić information content (AvgIpc) is 3.08. The summed E-state index contributed by atoms with van der Waals surface area (Å²) in [4.78, 5) is 9.08. The van der Waals surface area contributed by atoms with E-state index < -0.39 is 0 Å². The van der Waals surface area contributed by atoms with Crippen molar-refractivity contribution in [2.45, 2.75) is 25.8 Å². The molecule has 2 aromatic heterocycles. The molecule has 0 aliphatic heterocycles. The van der Waals surface area contributed by atoms with E-state index >= 15 is 0 Å². The maximum Gasteiger partial charge on any atom is 0.111 e. The largest absolute Gasteiger partial charge is 0.327 e. The van der Waals surface area contributed by atoms with Gasteiger partial charge in [0.25, 0.3) is 0 Å². The Morgan fingerprint density at radius 3 is 2.95 bits per heavy atom. The van der Waals surface area contributed by atoms with E-state index in [0.717, 1.165) is 34.8 Å².